The number of pyridine rings is 1. The number of hydrogen-bond acceptors (Lipinski definition) is 2. The average molecular weight is 345 g/mol. The number of halogens is 2. The lowest BCUT2D eigenvalue weighted by Crippen LogP contribution is -2.01. The minimum atomic E-state index is 0.821. The molecule has 2 rings (SSSR count). The fourth-order valence-corrected chi connectivity index (χ4v) is 2.05. The summed E-state index contributed by atoms with van der Waals surface area (Å²) < 4.78 is 2.89. The van der Waals surface area contributed by atoms with Crippen molar-refractivity contribution in [3.63, 3.8) is 0 Å². The molecule has 2 heterocycles. The van der Waals surface area contributed by atoms with Gasteiger partial charge in [-0.3, -0.25) is 0 Å². The first-order valence-electron chi connectivity index (χ1n) is 4.86. The van der Waals surface area contributed by atoms with Gasteiger partial charge in [-0.05, 0) is 41.4 Å². The first-order valence-corrected chi connectivity index (χ1v) is 6.78. The van der Waals surface area contributed by atoms with Crippen molar-refractivity contribution in [1.29, 1.82) is 0 Å². The molecule has 0 atom stereocenters. The molecule has 5 heteroatoms. The number of aromatic nitrogens is 3. The van der Waals surface area contributed by atoms with Crippen LogP contribution in [0.3, 0.4) is 0 Å². The second-order valence-electron chi connectivity index (χ2n) is 3.55. The van der Waals surface area contributed by atoms with Gasteiger partial charge in [0.15, 0.2) is 5.82 Å². The van der Waals surface area contributed by atoms with E-state index in [-0.39, 0.29) is 0 Å². The van der Waals surface area contributed by atoms with Crippen molar-refractivity contribution >= 4 is 31.9 Å². The highest BCUT2D eigenvalue weighted by Gasteiger charge is 2.10. The van der Waals surface area contributed by atoms with Crippen LogP contribution in [0.4, 0.5) is 0 Å². The van der Waals surface area contributed by atoms with Gasteiger partial charge in [0.05, 0.1) is 15.9 Å². The van der Waals surface area contributed by atoms with Crippen molar-refractivity contribution < 1.29 is 0 Å². The van der Waals surface area contributed by atoms with E-state index in [0.717, 1.165) is 32.6 Å². The number of rotatable bonds is 2. The standard InChI is InChI=1S/C11H11Br2N3/c1-7-11(13)8(2)16(15-7)10-4-3-9(5-12)6-14-10/h3-4,6H,5H2,1-2H3. The molecule has 0 saturated heterocycles. The van der Waals surface area contributed by atoms with Gasteiger partial charge in [0.25, 0.3) is 0 Å². The van der Waals surface area contributed by atoms with Gasteiger partial charge in [0.2, 0.25) is 0 Å². The number of aryl methyl sites for hydroxylation is 1. The highest BCUT2D eigenvalue weighted by atomic mass is 79.9. The maximum Gasteiger partial charge on any atom is 0.153 e. The third-order valence-electron chi connectivity index (χ3n) is 2.38. The van der Waals surface area contributed by atoms with Gasteiger partial charge < -0.3 is 0 Å². The normalized spacial score (nSPS) is 10.8. The quantitative estimate of drug-likeness (QED) is 0.780. The van der Waals surface area contributed by atoms with E-state index in [0.29, 0.717) is 0 Å². The van der Waals surface area contributed by atoms with Gasteiger partial charge >= 0.3 is 0 Å². The summed E-state index contributed by atoms with van der Waals surface area (Å²) in [6, 6.07) is 4.02. The molecule has 3 nitrogen and oxygen atoms in total. The Morgan fingerprint density at radius 2 is 2.06 bits per heavy atom. The van der Waals surface area contributed by atoms with Gasteiger partial charge in [0.1, 0.15) is 0 Å². The molecule has 0 fully saturated rings. The Morgan fingerprint density at radius 3 is 2.50 bits per heavy atom. The maximum absolute atomic E-state index is 4.43. The Balaban J connectivity index is 2.46. The molecule has 0 aliphatic heterocycles. The fourth-order valence-electron chi connectivity index (χ4n) is 1.47. The summed E-state index contributed by atoms with van der Waals surface area (Å²) in [4.78, 5) is 4.38. The Bertz CT molecular complexity index is 503. The third kappa shape index (κ3) is 2.06. The molecule has 0 aromatic carbocycles. The van der Waals surface area contributed by atoms with Crippen molar-refractivity contribution in [2.75, 3.05) is 0 Å². The second-order valence-corrected chi connectivity index (χ2v) is 4.91. The van der Waals surface area contributed by atoms with E-state index in [1.54, 1.807) is 0 Å². The van der Waals surface area contributed by atoms with Gasteiger partial charge in [-0.25, -0.2) is 9.67 Å². The summed E-state index contributed by atoms with van der Waals surface area (Å²) >= 11 is 6.91. The van der Waals surface area contributed by atoms with E-state index in [1.807, 2.05) is 36.9 Å². The van der Waals surface area contributed by atoms with Crippen molar-refractivity contribution in [1.82, 2.24) is 14.8 Å². The topological polar surface area (TPSA) is 30.7 Å². The van der Waals surface area contributed by atoms with E-state index < -0.39 is 0 Å². The van der Waals surface area contributed by atoms with Gasteiger partial charge in [-0.2, -0.15) is 5.10 Å². The SMILES string of the molecule is Cc1nn(-c2ccc(CBr)cn2)c(C)c1Br. The predicted molar refractivity (Wildman–Crippen MR) is 71.2 cm³/mol. The van der Waals surface area contributed by atoms with Crippen molar-refractivity contribution in [2.45, 2.75) is 19.2 Å². The monoisotopic (exact) mass is 343 g/mol. The fraction of sp³-hybridized carbons (Fsp3) is 0.273. The van der Waals surface area contributed by atoms with Crippen molar-refractivity contribution in [3.8, 4) is 5.82 Å². The van der Waals surface area contributed by atoms with Crippen LogP contribution in [0.25, 0.3) is 5.82 Å². The lowest BCUT2D eigenvalue weighted by atomic mass is 10.3. The number of nitrogens with zero attached hydrogens (tertiary/aromatic N) is 3. The summed E-state index contributed by atoms with van der Waals surface area (Å²) in [5, 5.41) is 5.25. The molecule has 84 valence electrons. The van der Waals surface area contributed by atoms with Crippen LogP contribution in [0.15, 0.2) is 22.8 Å². The molecule has 16 heavy (non-hydrogen) atoms. The number of hydrogen-bond donors (Lipinski definition) is 0. The van der Waals surface area contributed by atoms with Gasteiger partial charge in [-0.1, -0.05) is 22.0 Å². The molecule has 2 aromatic heterocycles. The average Bonchev–Trinajstić information content (AvgIpc) is 2.57. The molecule has 0 spiro atoms. The Kier molecular flexibility index (Phi) is 3.44. The Morgan fingerprint density at radius 1 is 1.31 bits per heavy atom. The lowest BCUT2D eigenvalue weighted by Gasteiger charge is -2.03. The molecule has 0 bridgehead atoms. The Labute approximate surface area is 111 Å². The zero-order chi connectivity index (χ0) is 11.7. The van der Waals surface area contributed by atoms with Crippen LogP contribution in [0, 0.1) is 13.8 Å². The molecule has 0 radical (unpaired) electrons. The molecule has 0 amide bonds. The second kappa shape index (κ2) is 4.67. The first kappa shape index (κ1) is 11.8. The molecule has 2 aromatic rings. The maximum atomic E-state index is 4.43. The zero-order valence-electron chi connectivity index (χ0n) is 9.04. The van der Waals surface area contributed by atoms with Crippen molar-refractivity contribution in [2.24, 2.45) is 0 Å². The predicted octanol–water partition coefficient (Wildman–Crippen LogP) is 3.54. The van der Waals surface area contributed by atoms with E-state index in [1.165, 1.54) is 0 Å². The van der Waals surface area contributed by atoms with E-state index in [2.05, 4.69) is 41.9 Å². The van der Waals surface area contributed by atoms with Crippen LogP contribution < -0.4 is 0 Å². The van der Waals surface area contributed by atoms with Gasteiger partial charge in [0, 0.05) is 11.5 Å². The van der Waals surface area contributed by atoms with Crippen LogP contribution in [-0.2, 0) is 5.33 Å². The Hall–Kier alpha value is -0.680. The molecular weight excluding hydrogens is 334 g/mol. The van der Waals surface area contributed by atoms with Crippen LogP contribution >= 0.6 is 31.9 Å². The largest absolute Gasteiger partial charge is 0.237 e. The van der Waals surface area contributed by atoms with Gasteiger partial charge in [-0.15, -0.1) is 0 Å². The molecule has 0 saturated carbocycles. The smallest absolute Gasteiger partial charge is 0.153 e. The molecule has 0 aliphatic carbocycles. The third-order valence-corrected chi connectivity index (χ3v) is 4.18. The van der Waals surface area contributed by atoms with Crippen LogP contribution in [0.1, 0.15) is 17.0 Å². The molecule has 0 aliphatic rings. The first-order chi connectivity index (χ1) is 7.63. The highest BCUT2D eigenvalue weighted by molar-refractivity contribution is 9.10. The minimum absolute atomic E-state index is 0.821. The van der Waals surface area contributed by atoms with Crippen LogP contribution in [0.2, 0.25) is 0 Å². The summed E-state index contributed by atoms with van der Waals surface area (Å²) in [7, 11) is 0. The molecule has 0 unspecified atom stereocenters. The molecular formula is C11H11Br2N3. The van der Waals surface area contributed by atoms with E-state index in [4.69, 9.17) is 0 Å². The molecule has 0 N–H and O–H groups in total. The minimum Gasteiger partial charge on any atom is -0.237 e. The summed E-state index contributed by atoms with van der Waals surface area (Å²) in [6.07, 6.45) is 1.86. The number of alkyl halides is 1. The lowest BCUT2D eigenvalue weighted by molar-refractivity contribution is 0.804. The summed E-state index contributed by atoms with van der Waals surface area (Å²) in [5.74, 6) is 0.844. The summed E-state index contributed by atoms with van der Waals surface area (Å²) in [6.45, 7) is 3.99. The summed E-state index contributed by atoms with van der Waals surface area (Å²) in [5.41, 5.74) is 3.20. The van der Waals surface area contributed by atoms with Crippen LogP contribution in [-0.4, -0.2) is 14.8 Å². The van der Waals surface area contributed by atoms with Crippen LogP contribution in [0.5, 0.6) is 0 Å². The zero-order valence-corrected chi connectivity index (χ0v) is 12.2. The van der Waals surface area contributed by atoms with E-state index >= 15 is 0 Å². The van der Waals surface area contributed by atoms with Crippen molar-refractivity contribution in [3.05, 3.63) is 39.8 Å². The highest BCUT2D eigenvalue weighted by Crippen LogP contribution is 2.22. The van der Waals surface area contributed by atoms with E-state index in [9.17, 15) is 0 Å².